The highest BCUT2D eigenvalue weighted by Gasteiger charge is 2.18. The van der Waals surface area contributed by atoms with E-state index in [4.69, 9.17) is 5.73 Å². The lowest BCUT2D eigenvalue weighted by Crippen LogP contribution is -2.16. The van der Waals surface area contributed by atoms with Crippen LogP contribution in [-0.4, -0.2) is 15.7 Å². The number of nitrogens with two attached hydrogens (primary N) is 1. The topological polar surface area (TPSA) is 72.9 Å². The van der Waals surface area contributed by atoms with Gasteiger partial charge in [-0.1, -0.05) is 0 Å². The summed E-state index contributed by atoms with van der Waals surface area (Å²) in [7, 11) is 1.51. The van der Waals surface area contributed by atoms with Gasteiger partial charge >= 0.3 is 0 Å². The van der Waals surface area contributed by atoms with Crippen LogP contribution in [0.5, 0.6) is 0 Å². The van der Waals surface area contributed by atoms with Gasteiger partial charge in [-0.15, -0.1) is 0 Å². The van der Waals surface area contributed by atoms with E-state index in [0.717, 1.165) is 6.20 Å². The first-order valence-corrected chi connectivity index (χ1v) is 5.13. The van der Waals surface area contributed by atoms with E-state index in [-0.39, 0.29) is 11.4 Å². The Morgan fingerprint density at radius 2 is 1.89 bits per heavy atom. The standard InChI is InChI=1S/C11H9F3N4O/c1-18-10(15)6(4-16-18)11(19)17-9-7(13)2-5(12)3-8(9)14/h2-4H,15H2,1H3,(H,17,19). The molecule has 1 heterocycles. The van der Waals surface area contributed by atoms with Gasteiger partial charge in [-0.3, -0.25) is 9.48 Å². The molecular weight excluding hydrogens is 261 g/mol. The zero-order valence-corrected chi connectivity index (χ0v) is 9.75. The molecule has 0 saturated heterocycles. The SMILES string of the molecule is Cn1ncc(C(=O)Nc2c(F)cc(F)cc2F)c1N. The number of nitrogen functional groups attached to an aromatic ring is 1. The first kappa shape index (κ1) is 12.9. The number of aromatic nitrogens is 2. The average Bonchev–Trinajstić information content (AvgIpc) is 2.64. The maximum absolute atomic E-state index is 13.3. The van der Waals surface area contributed by atoms with Crippen LogP contribution in [0.2, 0.25) is 0 Å². The van der Waals surface area contributed by atoms with Crippen LogP contribution >= 0.6 is 0 Å². The van der Waals surface area contributed by atoms with Crippen LogP contribution in [0.1, 0.15) is 10.4 Å². The van der Waals surface area contributed by atoms with E-state index in [1.807, 2.05) is 5.32 Å². The highest BCUT2D eigenvalue weighted by atomic mass is 19.1. The van der Waals surface area contributed by atoms with Gasteiger partial charge in [0.05, 0.1) is 6.20 Å². The van der Waals surface area contributed by atoms with Crippen LogP contribution in [0.15, 0.2) is 18.3 Å². The molecule has 19 heavy (non-hydrogen) atoms. The van der Waals surface area contributed by atoms with E-state index in [0.29, 0.717) is 12.1 Å². The van der Waals surface area contributed by atoms with Crippen molar-refractivity contribution in [2.24, 2.45) is 7.05 Å². The van der Waals surface area contributed by atoms with Crippen molar-refractivity contribution in [3.63, 3.8) is 0 Å². The number of benzene rings is 1. The fraction of sp³-hybridized carbons (Fsp3) is 0.0909. The van der Waals surface area contributed by atoms with Gasteiger partial charge in [0, 0.05) is 19.2 Å². The number of anilines is 2. The number of carbonyl (C=O) groups excluding carboxylic acids is 1. The summed E-state index contributed by atoms with van der Waals surface area (Å²) >= 11 is 0. The Bertz CT molecular complexity index is 630. The van der Waals surface area contributed by atoms with Crippen molar-refractivity contribution in [1.29, 1.82) is 0 Å². The monoisotopic (exact) mass is 270 g/mol. The van der Waals surface area contributed by atoms with E-state index < -0.39 is 29.0 Å². The molecule has 8 heteroatoms. The lowest BCUT2D eigenvalue weighted by molar-refractivity contribution is 0.102. The van der Waals surface area contributed by atoms with Gasteiger partial charge in [0.1, 0.15) is 22.9 Å². The molecule has 5 nitrogen and oxygen atoms in total. The number of halogens is 3. The second-order valence-corrected chi connectivity index (χ2v) is 3.77. The molecule has 0 saturated carbocycles. The zero-order chi connectivity index (χ0) is 14.2. The Morgan fingerprint density at radius 1 is 1.32 bits per heavy atom. The van der Waals surface area contributed by atoms with Gasteiger partial charge in [-0.25, -0.2) is 13.2 Å². The number of rotatable bonds is 2. The van der Waals surface area contributed by atoms with Crippen molar-refractivity contribution in [2.45, 2.75) is 0 Å². The number of aryl methyl sites for hydroxylation is 1. The highest BCUT2D eigenvalue weighted by molar-refractivity contribution is 6.07. The maximum Gasteiger partial charge on any atom is 0.261 e. The molecule has 100 valence electrons. The molecule has 2 aromatic rings. The van der Waals surface area contributed by atoms with Crippen molar-refractivity contribution in [3.8, 4) is 0 Å². The normalized spacial score (nSPS) is 10.5. The number of nitrogens with one attached hydrogen (secondary N) is 1. The van der Waals surface area contributed by atoms with E-state index in [9.17, 15) is 18.0 Å². The molecule has 0 spiro atoms. The molecule has 1 amide bonds. The molecular formula is C11H9F3N4O. The predicted molar refractivity (Wildman–Crippen MR) is 61.9 cm³/mol. The van der Waals surface area contributed by atoms with Gasteiger partial charge in [-0.2, -0.15) is 5.10 Å². The average molecular weight is 270 g/mol. The second-order valence-electron chi connectivity index (χ2n) is 3.77. The molecule has 0 unspecified atom stereocenters. The molecule has 0 aliphatic heterocycles. The summed E-state index contributed by atoms with van der Waals surface area (Å²) in [5, 5.41) is 5.71. The van der Waals surface area contributed by atoms with Crippen LogP contribution in [-0.2, 0) is 7.05 Å². The van der Waals surface area contributed by atoms with Crippen LogP contribution in [0, 0.1) is 17.5 Å². The molecule has 0 radical (unpaired) electrons. The van der Waals surface area contributed by atoms with Crippen LogP contribution in [0.25, 0.3) is 0 Å². The summed E-state index contributed by atoms with van der Waals surface area (Å²) < 4.78 is 40.6. The van der Waals surface area contributed by atoms with Crippen molar-refractivity contribution in [2.75, 3.05) is 11.1 Å². The summed E-state index contributed by atoms with van der Waals surface area (Å²) in [6.07, 6.45) is 1.16. The summed E-state index contributed by atoms with van der Waals surface area (Å²) in [6, 6.07) is 0.927. The molecule has 3 N–H and O–H groups in total. The van der Waals surface area contributed by atoms with Gasteiger partial charge in [0.25, 0.3) is 5.91 Å². The minimum Gasteiger partial charge on any atom is -0.383 e. The van der Waals surface area contributed by atoms with E-state index in [1.54, 1.807) is 0 Å². The largest absolute Gasteiger partial charge is 0.383 e. The van der Waals surface area contributed by atoms with E-state index >= 15 is 0 Å². The van der Waals surface area contributed by atoms with Crippen LogP contribution < -0.4 is 11.1 Å². The molecule has 2 rings (SSSR count). The van der Waals surface area contributed by atoms with Gasteiger partial charge in [-0.05, 0) is 0 Å². The Morgan fingerprint density at radius 3 is 2.37 bits per heavy atom. The number of hydrogen-bond donors (Lipinski definition) is 2. The lowest BCUT2D eigenvalue weighted by atomic mass is 10.2. The lowest BCUT2D eigenvalue weighted by Gasteiger charge is -2.07. The first-order valence-electron chi connectivity index (χ1n) is 5.13. The minimum absolute atomic E-state index is 0.0365. The van der Waals surface area contributed by atoms with Crippen LogP contribution in [0.3, 0.4) is 0 Å². The Balaban J connectivity index is 2.32. The quantitative estimate of drug-likeness (QED) is 0.871. The number of carbonyl (C=O) groups is 1. The fourth-order valence-corrected chi connectivity index (χ4v) is 1.46. The predicted octanol–water partition coefficient (Wildman–Crippen LogP) is 1.67. The maximum atomic E-state index is 13.3. The second kappa shape index (κ2) is 4.63. The smallest absolute Gasteiger partial charge is 0.261 e. The van der Waals surface area contributed by atoms with E-state index in [2.05, 4.69) is 5.10 Å². The first-order chi connectivity index (χ1) is 8.90. The molecule has 0 bridgehead atoms. The Kier molecular flexibility index (Phi) is 3.16. The van der Waals surface area contributed by atoms with E-state index in [1.165, 1.54) is 11.7 Å². The summed E-state index contributed by atoms with van der Waals surface area (Å²) in [6.45, 7) is 0. The van der Waals surface area contributed by atoms with Crippen LogP contribution in [0.4, 0.5) is 24.7 Å². The Labute approximate surface area is 105 Å². The van der Waals surface area contributed by atoms with Gasteiger partial charge in [0.15, 0.2) is 11.6 Å². The number of nitrogens with zero attached hydrogens (tertiary/aromatic N) is 2. The van der Waals surface area contributed by atoms with Crippen molar-refractivity contribution in [1.82, 2.24) is 9.78 Å². The molecule has 0 atom stereocenters. The third-order valence-electron chi connectivity index (χ3n) is 2.47. The Hall–Kier alpha value is -2.51. The summed E-state index contributed by atoms with van der Waals surface area (Å²) in [5.74, 6) is -4.30. The molecule has 1 aromatic carbocycles. The summed E-state index contributed by atoms with van der Waals surface area (Å²) in [4.78, 5) is 11.8. The molecule has 1 aromatic heterocycles. The minimum atomic E-state index is -1.21. The number of amides is 1. The van der Waals surface area contributed by atoms with Gasteiger partial charge < -0.3 is 11.1 Å². The molecule has 0 aliphatic rings. The third-order valence-corrected chi connectivity index (χ3v) is 2.47. The summed E-state index contributed by atoms with van der Waals surface area (Å²) in [5.41, 5.74) is 4.77. The zero-order valence-electron chi connectivity index (χ0n) is 9.75. The fourth-order valence-electron chi connectivity index (χ4n) is 1.46. The third kappa shape index (κ3) is 2.37. The molecule has 0 aliphatic carbocycles. The van der Waals surface area contributed by atoms with Gasteiger partial charge in [0.2, 0.25) is 0 Å². The molecule has 0 fully saturated rings. The number of hydrogen-bond acceptors (Lipinski definition) is 3. The van der Waals surface area contributed by atoms with Crippen molar-refractivity contribution < 1.29 is 18.0 Å². The highest BCUT2D eigenvalue weighted by Crippen LogP contribution is 2.21. The van der Waals surface area contributed by atoms with Crippen molar-refractivity contribution in [3.05, 3.63) is 41.3 Å². The van der Waals surface area contributed by atoms with Crippen molar-refractivity contribution >= 4 is 17.4 Å².